The number of fused-ring (bicyclic) bond motifs is 1. The summed E-state index contributed by atoms with van der Waals surface area (Å²) in [5.74, 6) is 0.0195. The van der Waals surface area contributed by atoms with Crippen molar-refractivity contribution in [3.63, 3.8) is 0 Å². The summed E-state index contributed by atoms with van der Waals surface area (Å²) < 4.78 is 1.88. The van der Waals surface area contributed by atoms with Gasteiger partial charge in [0, 0.05) is 18.5 Å². The van der Waals surface area contributed by atoms with Crippen molar-refractivity contribution in [2.24, 2.45) is 0 Å². The lowest BCUT2D eigenvalue weighted by atomic mass is 10.0. The summed E-state index contributed by atoms with van der Waals surface area (Å²) in [5, 5.41) is 9.57. The van der Waals surface area contributed by atoms with Crippen molar-refractivity contribution in [2.75, 3.05) is 0 Å². The van der Waals surface area contributed by atoms with Gasteiger partial charge in [-0.15, -0.1) is 0 Å². The second-order valence-corrected chi connectivity index (χ2v) is 5.46. The number of benzene rings is 1. The molecule has 0 fully saturated rings. The van der Waals surface area contributed by atoms with Crippen LogP contribution in [0.2, 0.25) is 0 Å². The van der Waals surface area contributed by atoms with Crippen molar-refractivity contribution >= 4 is 5.97 Å². The van der Waals surface area contributed by atoms with Gasteiger partial charge in [0.2, 0.25) is 0 Å². The summed E-state index contributed by atoms with van der Waals surface area (Å²) >= 11 is 0. The maximum absolute atomic E-state index is 11.7. The van der Waals surface area contributed by atoms with Gasteiger partial charge in [-0.1, -0.05) is 17.7 Å². The Kier molecular flexibility index (Phi) is 3.08. The molecule has 4 nitrogen and oxygen atoms in total. The van der Waals surface area contributed by atoms with Crippen molar-refractivity contribution < 1.29 is 9.90 Å². The molecule has 0 spiro atoms. The highest BCUT2D eigenvalue weighted by atomic mass is 16.4. The normalized spacial score (nSPS) is 14.1. The monoisotopic (exact) mass is 270 g/mol. The van der Waals surface area contributed by atoms with Crippen LogP contribution in [0.3, 0.4) is 0 Å². The van der Waals surface area contributed by atoms with Gasteiger partial charge in [-0.3, -0.25) is 0 Å². The van der Waals surface area contributed by atoms with Gasteiger partial charge in [-0.25, -0.2) is 9.78 Å². The van der Waals surface area contributed by atoms with E-state index in [1.807, 2.05) is 36.6 Å². The molecule has 0 amide bonds. The van der Waals surface area contributed by atoms with E-state index in [2.05, 4.69) is 4.98 Å². The quantitative estimate of drug-likeness (QED) is 0.911. The first kappa shape index (κ1) is 12.9. The first-order chi connectivity index (χ1) is 9.58. The van der Waals surface area contributed by atoms with Gasteiger partial charge in [0.1, 0.15) is 11.5 Å². The standard InChI is InChI=1S/C16H18N2O2/c1-10-6-7-11(2)12(9-10)14-15(16(19)20)18-8-4-3-5-13(18)17-14/h6-7,9H,3-5,8H2,1-2H3,(H,19,20). The third kappa shape index (κ3) is 2.01. The van der Waals surface area contributed by atoms with Crippen LogP contribution in [0.4, 0.5) is 0 Å². The first-order valence-corrected chi connectivity index (χ1v) is 6.98. The summed E-state index contributed by atoms with van der Waals surface area (Å²) in [5.41, 5.74) is 4.08. The van der Waals surface area contributed by atoms with Gasteiger partial charge in [-0.05, 0) is 38.3 Å². The molecule has 1 aliphatic heterocycles. The molecule has 1 aromatic carbocycles. The average molecular weight is 270 g/mol. The number of rotatable bonds is 2. The lowest BCUT2D eigenvalue weighted by Gasteiger charge is -2.14. The number of aromatic nitrogens is 2. The maximum Gasteiger partial charge on any atom is 0.354 e. The predicted molar refractivity (Wildman–Crippen MR) is 77.0 cm³/mol. The molecule has 3 rings (SSSR count). The lowest BCUT2D eigenvalue weighted by Crippen LogP contribution is -2.16. The number of hydrogen-bond donors (Lipinski definition) is 1. The van der Waals surface area contributed by atoms with Crippen LogP contribution < -0.4 is 0 Å². The molecule has 0 aliphatic carbocycles. The molecule has 2 heterocycles. The molecular weight excluding hydrogens is 252 g/mol. The molecule has 0 saturated heterocycles. The van der Waals surface area contributed by atoms with Crippen LogP contribution in [0, 0.1) is 13.8 Å². The molecule has 0 saturated carbocycles. The van der Waals surface area contributed by atoms with Crippen molar-refractivity contribution in [1.82, 2.24) is 9.55 Å². The van der Waals surface area contributed by atoms with E-state index < -0.39 is 5.97 Å². The summed E-state index contributed by atoms with van der Waals surface area (Å²) in [6.45, 7) is 4.77. The van der Waals surface area contributed by atoms with Gasteiger partial charge in [0.15, 0.2) is 5.69 Å². The molecule has 2 aromatic rings. The Hall–Kier alpha value is -2.10. The molecule has 4 heteroatoms. The first-order valence-electron chi connectivity index (χ1n) is 6.98. The molecule has 1 N–H and O–H groups in total. The number of aromatic carboxylic acids is 1. The Labute approximate surface area is 118 Å². The highest BCUT2D eigenvalue weighted by Crippen LogP contribution is 2.30. The Morgan fingerprint density at radius 1 is 1.30 bits per heavy atom. The van der Waals surface area contributed by atoms with Crippen LogP contribution in [0.5, 0.6) is 0 Å². The molecule has 0 bridgehead atoms. The van der Waals surface area contributed by atoms with Gasteiger partial charge >= 0.3 is 5.97 Å². The summed E-state index contributed by atoms with van der Waals surface area (Å²) in [6, 6.07) is 6.08. The Morgan fingerprint density at radius 2 is 2.10 bits per heavy atom. The van der Waals surface area contributed by atoms with Crippen LogP contribution in [0.1, 0.15) is 40.3 Å². The van der Waals surface area contributed by atoms with E-state index in [9.17, 15) is 9.90 Å². The number of carboxylic acids is 1. The topological polar surface area (TPSA) is 55.1 Å². The second-order valence-electron chi connectivity index (χ2n) is 5.46. The minimum atomic E-state index is -0.887. The van der Waals surface area contributed by atoms with Crippen LogP contribution >= 0.6 is 0 Å². The minimum absolute atomic E-state index is 0.341. The SMILES string of the molecule is Cc1ccc(C)c(-c2nc3n(c2C(=O)O)CCCC3)c1. The van der Waals surface area contributed by atoms with E-state index in [1.165, 1.54) is 0 Å². The number of hydrogen-bond acceptors (Lipinski definition) is 2. The van der Waals surface area contributed by atoms with E-state index in [0.29, 0.717) is 11.4 Å². The third-order valence-corrected chi connectivity index (χ3v) is 3.93. The van der Waals surface area contributed by atoms with E-state index in [1.54, 1.807) is 0 Å². The molecule has 0 radical (unpaired) electrons. The predicted octanol–water partition coefficient (Wildman–Crippen LogP) is 3.20. The van der Waals surface area contributed by atoms with Crippen LogP contribution in [-0.2, 0) is 13.0 Å². The smallest absolute Gasteiger partial charge is 0.354 e. The fraction of sp³-hybridized carbons (Fsp3) is 0.375. The van der Waals surface area contributed by atoms with Crippen molar-refractivity contribution in [1.29, 1.82) is 0 Å². The highest BCUT2D eigenvalue weighted by Gasteiger charge is 2.25. The summed E-state index contributed by atoms with van der Waals surface area (Å²) in [4.78, 5) is 16.3. The van der Waals surface area contributed by atoms with E-state index in [4.69, 9.17) is 0 Å². The fourth-order valence-electron chi connectivity index (χ4n) is 2.88. The number of nitrogens with zero attached hydrogens (tertiary/aromatic N) is 2. The van der Waals surface area contributed by atoms with Gasteiger partial charge in [0.25, 0.3) is 0 Å². The van der Waals surface area contributed by atoms with Crippen LogP contribution in [0.25, 0.3) is 11.3 Å². The van der Waals surface area contributed by atoms with Crippen molar-refractivity contribution in [2.45, 2.75) is 39.7 Å². The Balaban J connectivity index is 2.25. The van der Waals surface area contributed by atoms with E-state index in [-0.39, 0.29) is 0 Å². The third-order valence-electron chi connectivity index (χ3n) is 3.93. The summed E-state index contributed by atoms with van der Waals surface area (Å²) in [7, 11) is 0. The number of carbonyl (C=O) groups is 1. The average Bonchev–Trinajstić information content (AvgIpc) is 2.80. The second kappa shape index (κ2) is 4.78. The zero-order valence-electron chi connectivity index (χ0n) is 11.8. The molecule has 1 aliphatic rings. The number of aryl methyl sites for hydroxylation is 3. The molecule has 0 unspecified atom stereocenters. The molecule has 1 aromatic heterocycles. The zero-order valence-corrected chi connectivity index (χ0v) is 11.8. The van der Waals surface area contributed by atoms with E-state index >= 15 is 0 Å². The molecular formula is C16H18N2O2. The molecule has 0 atom stereocenters. The van der Waals surface area contributed by atoms with Crippen LogP contribution in [-0.4, -0.2) is 20.6 Å². The van der Waals surface area contributed by atoms with Crippen molar-refractivity contribution in [3.05, 3.63) is 40.8 Å². The zero-order chi connectivity index (χ0) is 14.3. The van der Waals surface area contributed by atoms with Gasteiger partial charge in [-0.2, -0.15) is 0 Å². The van der Waals surface area contributed by atoms with Crippen molar-refractivity contribution in [3.8, 4) is 11.3 Å². The Morgan fingerprint density at radius 3 is 2.85 bits per heavy atom. The molecule has 104 valence electrons. The minimum Gasteiger partial charge on any atom is -0.477 e. The van der Waals surface area contributed by atoms with E-state index in [0.717, 1.165) is 48.3 Å². The lowest BCUT2D eigenvalue weighted by molar-refractivity contribution is 0.0684. The van der Waals surface area contributed by atoms with Crippen LogP contribution in [0.15, 0.2) is 18.2 Å². The van der Waals surface area contributed by atoms with Gasteiger partial charge in [0.05, 0.1) is 0 Å². The maximum atomic E-state index is 11.7. The number of carboxylic acid groups (broad SMARTS) is 1. The highest BCUT2D eigenvalue weighted by molar-refractivity contribution is 5.94. The molecule has 20 heavy (non-hydrogen) atoms. The fourth-order valence-corrected chi connectivity index (χ4v) is 2.88. The Bertz CT molecular complexity index is 686. The van der Waals surface area contributed by atoms with Gasteiger partial charge < -0.3 is 9.67 Å². The number of imidazole rings is 1. The largest absolute Gasteiger partial charge is 0.477 e. The summed E-state index contributed by atoms with van der Waals surface area (Å²) in [6.07, 6.45) is 2.98.